The third-order valence-electron chi connectivity index (χ3n) is 5.40. The number of nitrogens with zero attached hydrogens (tertiary/aromatic N) is 2. The standard InChI is InChI=1S/C22H24N4OS/c1-14(15-7-9-17(10-8-15)16-5-3-2-4-6-16)25-26-21(27)18-11-12-19-20(13-18)28-22(23)24-19/h7-13,16H,2-6H2,1H3,(H2,23,24)(H,26,27)/b25-14+. The molecule has 0 aliphatic heterocycles. The first-order chi connectivity index (χ1) is 13.6. The van der Waals surface area contributed by atoms with Crippen LogP contribution in [0.5, 0.6) is 0 Å². The van der Waals surface area contributed by atoms with Gasteiger partial charge in [-0.15, -0.1) is 0 Å². The van der Waals surface area contributed by atoms with E-state index in [1.165, 1.54) is 49.0 Å². The molecule has 4 rings (SSSR count). The number of carbonyl (C=O) groups excluding carboxylic acids is 1. The highest BCUT2D eigenvalue weighted by molar-refractivity contribution is 7.22. The third-order valence-corrected chi connectivity index (χ3v) is 6.24. The second-order valence-corrected chi connectivity index (χ2v) is 8.39. The molecule has 0 bridgehead atoms. The maximum Gasteiger partial charge on any atom is 0.271 e. The van der Waals surface area contributed by atoms with Crippen molar-refractivity contribution in [3.63, 3.8) is 0 Å². The largest absolute Gasteiger partial charge is 0.375 e. The van der Waals surface area contributed by atoms with Gasteiger partial charge in [-0.2, -0.15) is 5.10 Å². The van der Waals surface area contributed by atoms with E-state index in [4.69, 9.17) is 5.73 Å². The minimum absolute atomic E-state index is 0.243. The average molecular weight is 393 g/mol. The molecule has 0 saturated heterocycles. The van der Waals surface area contributed by atoms with Gasteiger partial charge in [-0.05, 0) is 55.0 Å². The fourth-order valence-electron chi connectivity index (χ4n) is 3.78. The molecule has 144 valence electrons. The summed E-state index contributed by atoms with van der Waals surface area (Å²) in [6.07, 6.45) is 6.61. The van der Waals surface area contributed by atoms with Crippen molar-refractivity contribution in [2.45, 2.75) is 44.9 Å². The molecule has 6 heteroatoms. The Morgan fingerprint density at radius 1 is 1.11 bits per heavy atom. The van der Waals surface area contributed by atoms with Crippen molar-refractivity contribution in [3.8, 4) is 0 Å². The van der Waals surface area contributed by atoms with Gasteiger partial charge in [-0.1, -0.05) is 54.9 Å². The van der Waals surface area contributed by atoms with Gasteiger partial charge in [0.1, 0.15) is 0 Å². The lowest BCUT2D eigenvalue weighted by atomic mass is 9.84. The molecule has 2 aromatic carbocycles. The van der Waals surface area contributed by atoms with E-state index >= 15 is 0 Å². The number of hydrogen-bond acceptors (Lipinski definition) is 5. The van der Waals surface area contributed by atoms with Crippen LogP contribution in [0.15, 0.2) is 47.6 Å². The lowest BCUT2D eigenvalue weighted by Gasteiger charge is -2.22. The normalized spacial score (nSPS) is 15.7. The van der Waals surface area contributed by atoms with Gasteiger partial charge in [0.2, 0.25) is 0 Å². The number of nitrogen functional groups attached to an aromatic ring is 1. The third kappa shape index (κ3) is 4.07. The summed E-state index contributed by atoms with van der Waals surface area (Å²) < 4.78 is 0.893. The van der Waals surface area contributed by atoms with Crippen LogP contribution in [-0.2, 0) is 0 Å². The van der Waals surface area contributed by atoms with Gasteiger partial charge >= 0.3 is 0 Å². The van der Waals surface area contributed by atoms with Crippen molar-refractivity contribution in [2.75, 3.05) is 5.73 Å². The van der Waals surface area contributed by atoms with Crippen molar-refractivity contribution in [3.05, 3.63) is 59.2 Å². The topological polar surface area (TPSA) is 80.4 Å². The highest BCUT2D eigenvalue weighted by Crippen LogP contribution is 2.32. The summed E-state index contributed by atoms with van der Waals surface area (Å²) in [6.45, 7) is 1.91. The molecule has 0 radical (unpaired) electrons. The number of aromatic nitrogens is 1. The molecule has 1 aliphatic rings. The molecular formula is C22H24N4OS. The molecule has 1 aliphatic carbocycles. The van der Waals surface area contributed by atoms with Crippen LogP contribution in [0.25, 0.3) is 10.2 Å². The number of anilines is 1. The Morgan fingerprint density at radius 2 is 1.82 bits per heavy atom. The maximum absolute atomic E-state index is 12.4. The van der Waals surface area contributed by atoms with E-state index in [0.717, 1.165) is 21.5 Å². The number of thiazole rings is 1. The van der Waals surface area contributed by atoms with Gasteiger partial charge in [-0.3, -0.25) is 4.79 Å². The fourth-order valence-corrected chi connectivity index (χ4v) is 4.55. The van der Waals surface area contributed by atoms with Gasteiger partial charge in [-0.25, -0.2) is 10.4 Å². The number of fused-ring (bicyclic) bond motifs is 1. The van der Waals surface area contributed by atoms with Crippen molar-refractivity contribution < 1.29 is 4.79 Å². The maximum atomic E-state index is 12.4. The Hall–Kier alpha value is -2.73. The zero-order valence-corrected chi connectivity index (χ0v) is 16.8. The van der Waals surface area contributed by atoms with Gasteiger partial charge in [0.25, 0.3) is 5.91 Å². The average Bonchev–Trinajstić information content (AvgIpc) is 3.11. The van der Waals surface area contributed by atoms with Crippen LogP contribution >= 0.6 is 11.3 Å². The lowest BCUT2D eigenvalue weighted by Crippen LogP contribution is -2.19. The first-order valence-electron chi connectivity index (χ1n) is 9.71. The van der Waals surface area contributed by atoms with Crippen LogP contribution in [0.4, 0.5) is 5.13 Å². The van der Waals surface area contributed by atoms with Crippen LogP contribution in [0, 0.1) is 0 Å². The highest BCUT2D eigenvalue weighted by Gasteiger charge is 2.15. The van der Waals surface area contributed by atoms with E-state index < -0.39 is 0 Å². The number of hydrazone groups is 1. The number of amides is 1. The van der Waals surface area contributed by atoms with Crippen molar-refractivity contribution in [1.82, 2.24) is 10.4 Å². The second-order valence-electron chi connectivity index (χ2n) is 7.33. The van der Waals surface area contributed by atoms with E-state index in [1.807, 2.05) is 6.92 Å². The van der Waals surface area contributed by atoms with E-state index in [1.54, 1.807) is 18.2 Å². The molecule has 0 unspecified atom stereocenters. The van der Waals surface area contributed by atoms with Gasteiger partial charge in [0, 0.05) is 5.56 Å². The Morgan fingerprint density at radius 3 is 2.57 bits per heavy atom. The predicted octanol–water partition coefficient (Wildman–Crippen LogP) is 5.08. The molecule has 0 spiro atoms. The zero-order chi connectivity index (χ0) is 19.5. The quantitative estimate of drug-likeness (QED) is 0.480. The summed E-state index contributed by atoms with van der Waals surface area (Å²) in [7, 11) is 0. The summed E-state index contributed by atoms with van der Waals surface area (Å²) >= 11 is 1.37. The molecule has 1 saturated carbocycles. The summed E-state index contributed by atoms with van der Waals surface area (Å²) in [5, 5.41) is 4.78. The Balaban J connectivity index is 1.43. The van der Waals surface area contributed by atoms with Crippen LogP contribution in [0.3, 0.4) is 0 Å². The molecule has 1 fully saturated rings. The zero-order valence-electron chi connectivity index (χ0n) is 15.9. The van der Waals surface area contributed by atoms with Crippen LogP contribution in [0.1, 0.15) is 66.4 Å². The minimum Gasteiger partial charge on any atom is -0.375 e. The van der Waals surface area contributed by atoms with E-state index in [0.29, 0.717) is 16.6 Å². The summed E-state index contributed by atoms with van der Waals surface area (Å²) in [5.74, 6) is 0.447. The first kappa shape index (κ1) is 18.6. The molecule has 3 aromatic rings. The number of rotatable bonds is 4. The number of benzene rings is 2. The molecular weight excluding hydrogens is 368 g/mol. The van der Waals surface area contributed by atoms with E-state index in [-0.39, 0.29) is 5.91 Å². The molecule has 0 atom stereocenters. The number of nitrogens with one attached hydrogen (secondary N) is 1. The fraction of sp³-hybridized carbons (Fsp3) is 0.318. The van der Waals surface area contributed by atoms with Crippen molar-refractivity contribution >= 4 is 38.3 Å². The Labute approximate surface area is 168 Å². The number of carbonyl (C=O) groups is 1. The summed E-state index contributed by atoms with van der Waals surface area (Å²) in [4.78, 5) is 16.6. The van der Waals surface area contributed by atoms with Crippen LogP contribution in [0.2, 0.25) is 0 Å². The van der Waals surface area contributed by atoms with Gasteiger partial charge in [0.05, 0.1) is 15.9 Å². The van der Waals surface area contributed by atoms with E-state index in [9.17, 15) is 4.79 Å². The monoisotopic (exact) mass is 392 g/mol. The molecule has 1 heterocycles. The SMILES string of the molecule is C/C(=N\NC(=O)c1ccc2nc(N)sc2c1)c1ccc(C2CCCCC2)cc1. The van der Waals surface area contributed by atoms with Crippen LogP contribution < -0.4 is 11.2 Å². The van der Waals surface area contributed by atoms with E-state index in [2.05, 4.69) is 39.8 Å². The number of hydrogen-bond donors (Lipinski definition) is 2. The molecule has 1 aromatic heterocycles. The highest BCUT2D eigenvalue weighted by atomic mass is 32.1. The number of nitrogens with two attached hydrogens (primary N) is 1. The molecule has 28 heavy (non-hydrogen) atoms. The van der Waals surface area contributed by atoms with Crippen molar-refractivity contribution in [1.29, 1.82) is 0 Å². The summed E-state index contributed by atoms with van der Waals surface area (Å²) in [5.41, 5.74) is 12.9. The van der Waals surface area contributed by atoms with Gasteiger partial charge in [0.15, 0.2) is 5.13 Å². The minimum atomic E-state index is -0.243. The van der Waals surface area contributed by atoms with Crippen molar-refractivity contribution in [2.24, 2.45) is 5.10 Å². The van der Waals surface area contributed by atoms with Gasteiger partial charge < -0.3 is 5.73 Å². The van der Waals surface area contributed by atoms with Crippen LogP contribution in [-0.4, -0.2) is 16.6 Å². The Bertz CT molecular complexity index is 1020. The smallest absolute Gasteiger partial charge is 0.271 e. The second kappa shape index (κ2) is 8.10. The molecule has 5 nitrogen and oxygen atoms in total. The molecule has 3 N–H and O–H groups in total. The summed E-state index contributed by atoms with van der Waals surface area (Å²) in [6, 6.07) is 13.9. The first-order valence-corrected chi connectivity index (χ1v) is 10.5. The molecule has 1 amide bonds. The Kier molecular flexibility index (Phi) is 5.39. The lowest BCUT2D eigenvalue weighted by molar-refractivity contribution is 0.0955. The predicted molar refractivity (Wildman–Crippen MR) is 116 cm³/mol.